The fourth-order valence-electron chi connectivity index (χ4n) is 2.22. The number of hydrogen-bond acceptors (Lipinski definition) is 2. The quantitative estimate of drug-likeness (QED) is 0.778. The van der Waals surface area contributed by atoms with E-state index in [1.807, 2.05) is 11.8 Å². The van der Waals surface area contributed by atoms with Crippen LogP contribution >= 0.6 is 0 Å². The molecule has 0 amide bonds. The second kappa shape index (κ2) is 7.22. The summed E-state index contributed by atoms with van der Waals surface area (Å²) in [7, 11) is 1.80. The molecule has 6 heteroatoms. The molecule has 0 radical (unpaired) electrons. The van der Waals surface area contributed by atoms with E-state index >= 15 is 0 Å². The Kier molecular flexibility index (Phi) is 6.16. The number of nitrogens with two attached hydrogens (primary N) is 1. The Bertz CT molecular complexity index is 448. The zero-order valence-corrected chi connectivity index (χ0v) is 12.4. The lowest BCUT2D eigenvalue weighted by atomic mass is 9.92. The molecule has 0 saturated carbocycles. The van der Waals surface area contributed by atoms with Crippen molar-refractivity contribution in [1.29, 1.82) is 0 Å². The molecule has 0 aliphatic carbocycles. The average Bonchev–Trinajstić information content (AvgIpc) is 2.36. The fraction of sp³-hybridized carbons (Fsp3) is 0.600. The minimum absolute atomic E-state index is 0.0324. The second-order valence-corrected chi connectivity index (χ2v) is 5.66. The highest BCUT2D eigenvalue weighted by molar-refractivity contribution is 5.16. The maximum atomic E-state index is 13.2. The van der Waals surface area contributed by atoms with Crippen molar-refractivity contribution in [3.63, 3.8) is 0 Å². The molecule has 1 rings (SSSR count). The van der Waals surface area contributed by atoms with Gasteiger partial charge in [0.15, 0.2) is 0 Å². The van der Waals surface area contributed by atoms with E-state index in [-0.39, 0.29) is 18.8 Å². The zero-order chi connectivity index (χ0) is 16.1. The average molecular weight is 306 g/mol. The van der Waals surface area contributed by atoms with E-state index in [1.165, 1.54) is 12.1 Å². The fourth-order valence-corrected chi connectivity index (χ4v) is 2.22. The van der Waals surface area contributed by atoms with Gasteiger partial charge in [-0.2, -0.15) is 13.2 Å². The van der Waals surface area contributed by atoms with E-state index in [0.29, 0.717) is 13.0 Å². The van der Waals surface area contributed by atoms with Gasteiger partial charge in [0.1, 0.15) is 5.82 Å². The predicted octanol–water partition coefficient (Wildman–Crippen LogP) is 3.71. The first-order chi connectivity index (χ1) is 9.66. The van der Waals surface area contributed by atoms with Crippen LogP contribution in [0.4, 0.5) is 17.6 Å². The van der Waals surface area contributed by atoms with Crippen LogP contribution in [0, 0.1) is 5.82 Å². The minimum atomic E-state index is -4.14. The molecule has 0 aliphatic heterocycles. The van der Waals surface area contributed by atoms with Gasteiger partial charge in [-0.15, -0.1) is 0 Å². The van der Waals surface area contributed by atoms with Crippen LogP contribution in [-0.2, 0) is 6.54 Å². The van der Waals surface area contributed by atoms with E-state index in [9.17, 15) is 17.6 Å². The number of benzene rings is 1. The number of halogens is 4. The highest BCUT2D eigenvalue weighted by Gasteiger charge is 2.31. The van der Waals surface area contributed by atoms with Crippen LogP contribution in [0.1, 0.15) is 31.7 Å². The van der Waals surface area contributed by atoms with Crippen molar-refractivity contribution in [2.24, 2.45) is 5.73 Å². The maximum absolute atomic E-state index is 13.2. The molecular formula is C15H22F4N2. The van der Waals surface area contributed by atoms with E-state index in [0.717, 1.165) is 5.56 Å². The van der Waals surface area contributed by atoms with Crippen molar-refractivity contribution in [1.82, 2.24) is 4.90 Å². The zero-order valence-electron chi connectivity index (χ0n) is 12.4. The first-order valence-electron chi connectivity index (χ1n) is 6.89. The molecule has 1 aromatic carbocycles. The van der Waals surface area contributed by atoms with Crippen molar-refractivity contribution in [2.45, 2.75) is 44.4 Å². The monoisotopic (exact) mass is 306 g/mol. The number of likely N-dealkylation sites (N-methyl/N-ethyl adjacent to an activating group) is 1. The van der Waals surface area contributed by atoms with Gasteiger partial charge in [-0.1, -0.05) is 12.1 Å². The number of hydrogen-bond donors (Lipinski definition) is 1. The highest BCUT2D eigenvalue weighted by atomic mass is 19.4. The van der Waals surface area contributed by atoms with Gasteiger partial charge < -0.3 is 5.73 Å². The van der Waals surface area contributed by atoms with Crippen molar-refractivity contribution in [3.8, 4) is 0 Å². The molecule has 21 heavy (non-hydrogen) atoms. The number of rotatable bonds is 7. The molecule has 0 heterocycles. The van der Waals surface area contributed by atoms with Crippen LogP contribution in [0.15, 0.2) is 24.3 Å². The van der Waals surface area contributed by atoms with Crippen molar-refractivity contribution >= 4 is 0 Å². The van der Waals surface area contributed by atoms with Gasteiger partial charge in [0.2, 0.25) is 0 Å². The molecule has 0 aliphatic rings. The van der Waals surface area contributed by atoms with Gasteiger partial charge in [-0.25, -0.2) is 4.39 Å². The molecule has 0 saturated heterocycles. The first-order valence-corrected chi connectivity index (χ1v) is 6.89. The topological polar surface area (TPSA) is 29.3 Å². The Morgan fingerprint density at radius 3 is 2.38 bits per heavy atom. The summed E-state index contributed by atoms with van der Waals surface area (Å²) in [4.78, 5) is 1.89. The van der Waals surface area contributed by atoms with Crippen LogP contribution in [0.25, 0.3) is 0 Å². The highest BCUT2D eigenvalue weighted by Crippen LogP contribution is 2.27. The van der Waals surface area contributed by atoms with Gasteiger partial charge in [-0.05, 0) is 44.5 Å². The van der Waals surface area contributed by atoms with E-state index in [2.05, 4.69) is 0 Å². The minimum Gasteiger partial charge on any atom is -0.329 e. The van der Waals surface area contributed by atoms with Gasteiger partial charge in [0, 0.05) is 25.0 Å². The molecule has 0 fully saturated rings. The molecule has 0 spiro atoms. The Morgan fingerprint density at radius 1 is 1.19 bits per heavy atom. The Morgan fingerprint density at radius 2 is 1.86 bits per heavy atom. The van der Waals surface area contributed by atoms with Crippen LogP contribution in [0.3, 0.4) is 0 Å². The van der Waals surface area contributed by atoms with Gasteiger partial charge in [0.05, 0.1) is 0 Å². The van der Waals surface area contributed by atoms with Gasteiger partial charge in [0.25, 0.3) is 0 Å². The molecule has 1 atom stereocenters. The van der Waals surface area contributed by atoms with Crippen molar-refractivity contribution < 1.29 is 17.6 Å². The smallest absolute Gasteiger partial charge is 0.329 e. The summed E-state index contributed by atoms with van der Waals surface area (Å²) >= 11 is 0. The maximum Gasteiger partial charge on any atom is 0.389 e. The molecular weight excluding hydrogens is 284 g/mol. The van der Waals surface area contributed by atoms with Crippen LogP contribution in [-0.4, -0.2) is 30.2 Å². The third kappa shape index (κ3) is 6.01. The van der Waals surface area contributed by atoms with Crippen molar-refractivity contribution in [2.75, 3.05) is 13.6 Å². The molecule has 2 nitrogen and oxygen atoms in total. The molecule has 0 bridgehead atoms. The summed E-state index contributed by atoms with van der Waals surface area (Å²) in [6.07, 6.45) is -4.58. The van der Waals surface area contributed by atoms with Crippen LogP contribution in [0.2, 0.25) is 0 Å². The van der Waals surface area contributed by atoms with E-state index in [1.54, 1.807) is 19.2 Å². The molecule has 120 valence electrons. The lowest BCUT2D eigenvalue weighted by Crippen LogP contribution is -2.49. The number of alkyl halides is 3. The Hall–Kier alpha value is -1.14. The van der Waals surface area contributed by atoms with Crippen LogP contribution in [0.5, 0.6) is 0 Å². The predicted molar refractivity (Wildman–Crippen MR) is 75.2 cm³/mol. The second-order valence-electron chi connectivity index (χ2n) is 5.66. The van der Waals surface area contributed by atoms with Gasteiger partial charge >= 0.3 is 6.18 Å². The summed E-state index contributed by atoms with van der Waals surface area (Å²) < 4.78 is 49.9. The molecule has 2 N–H and O–H groups in total. The summed E-state index contributed by atoms with van der Waals surface area (Å²) in [5, 5.41) is 0. The summed E-state index contributed by atoms with van der Waals surface area (Å²) in [5.41, 5.74) is 5.97. The summed E-state index contributed by atoms with van der Waals surface area (Å²) in [6, 6.07) is 6.17. The Labute approximate surface area is 122 Å². The van der Waals surface area contributed by atoms with Crippen molar-refractivity contribution in [3.05, 3.63) is 35.6 Å². The largest absolute Gasteiger partial charge is 0.389 e. The standard InChI is InChI=1S/C15H22F4N2/c1-14(11-20,7-4-8-15(17,18)19)21(2)10-12-5-3-6-13(16)9-12/h3,5-6,9H,4,7-8,10-11,20H2,1-2H3. The summed E-state index contributed by atoms with van der Waals surface area (Å²) in [6.45, 7) is 2.52. The van der Waals surface area contributed by atoms with E-state index < -0.39 is 18.1 Å². The SMILES string of the molecule is CN(Cc1cccc(F)c1)C(C)(CN)CCCC(F)(F)F. The molecule has 0 aromatic heterocycles. The third-order valence-corrected chi connectivity index (χ3v) is 3.85. The molecule has 1 unspecified atom stereocenters. The number of nitrogens with zero attached hydrogens (tertiary/aromatic N) is 1. The van der Waals surface area contributed by atoms with Crippen LogP contribution < -0.4 is 5.73 Å². The van der Waals surface area contributed by atoms with Gasteiger partial charge in [-0.3, -0.25) is 4.90 Å². The lowest BCUT2D eigenvalue weighted by Gasteiger charge is -2.38. The first kappa shape index (κ1) is 17.9. The normalized spacial score (nSPS) is 15.2. The summed E-state index contributed by atoms with van der Waals surface area (Å²) in [5.74, 6) is -0.326. The molecule has 1 aromatic rings. The third-order valence-electron chi connectivity index (χ3n) is 3.85. The lowest BCUT2D eigenvalue weighted by molar-refractivity contribution is -0.136. The van der Waals surface area contributed by atoms with E-state index in [4.69, 9.17) is 5.73 Å². The Balaban J connectivity index is 2.64.